The normalized spacial score (nSPS) is 17.0. The number of carbonyl (C=O) groups is 1. The van der Waals surface area contributed by atoms with Crippen LogP contribution in [-0.2, 0) is 6.42 Å². The molecular weight excluding hydrogens is 294 g/mol. The van der Waals surface area contributed by atoms with E-state index in [0.29, 0.717) is 6.42 Å². The number of carbonyl (C=O) groups excluding carboxylic acids is 1. The highest BCUT2D eigenvalue weighted by molar-refractivity contribution is 7.19. The van der Waals surface area contributed by atoms with Gasteiger partial charge in [0.1, 0.15) is 0 Å². The molecule has 112 valence electrons. The summed E-state index contributed by atoms with van der Waals surface area (Å²) in [5.41, 5.74) is 3.32. The summed E-state index contributed by atoms with van der Waals surface area (Å²) >= 11 is 1.47. The third-order valence-corrected chi connectivity index (χ3v) is 5.32. The summed E-state index contributed by atoms with van der Waals surface area (Å²) in [6, 6.07) is 8.27. The first kappa shape index (κ1) is 13.6. The third-order valence-electron chi connectivity index (χ3n) is 4.21. The van der Waals surface area contributed by atoms with Gasteiger partial charge in [-0.1, -0.05) is 55.0 Å². The summed E-state index contributed by atoms with van der Waals surface area (Å²) in [4.78, 5) is 14.1. The fourth-order valence-electron chi connectivity index (χ4n) is 3.13. The van der Waals surface area contributed by atoms with Crippen LogP contribution in [0, 0.1) is 12.3 Å². The second-order valence-electron chi connectivity index (χ2n) is 6.83. The lowest BCUT2D eigenvalue weighted by Crippen LogP contribution is -2.26. The Balaban J connectivity index is 1.96. The first-order chi connectivity index (χ1) is 10.4. The van der Waals surface area contributed by atoms with E-state index < -0.39 is 0 Å². The molecular formula is C17H17N3OS. The molecule has 0 saturated carbocycles. The fraction of sp³-hybridized carbons (Fsp3) is 0.353. The SMILES string of the molecule is Cc1ccc(-c2nnc3sc4c(n23)CC(C)(C)CC4=O)cc1. The lowest BCUT2D eigenvalue weighted by molar-refractivity contribution is 0.0915. The van der Waals surface area contributed by atoms with Gasteiger partial charge >= 0.3 is 0 Å². The van der Waals surface area contributed by atoms with Crippen LogP contribution in [0.15, 0.2) is 24.3 Å². The van der Waals surface area contributed by atoms with E-state index in [4.69, 9.17) is 0 Å². The highest BCUT2D eigenvalue weighted by Crippen LogP contribution is 2.39. The van der Waals surface area contributed by atoms with Crippen LogP contribution >= 0.6 is 11.3 Å². The minimum absolute atomic E-state index is 0.00704. The van der Waals surface area contributed by atoms with Gasteiger partial charge in [-0.15, -0.1) is 10.2 Å². The number of fused-ring (bicyclic) bond motifs is 3. The summed E-state index contributed by atoms with van der Waals surface area (Å²) in [7, 11) is 0. The lowest BCUT2D eigenvalue weighted by atomic mass is 9.78. The second kappa shape index (κ2) is 4.49. The highest BCUT2D eigenvalue weighted by Gasteiger charge is 2.35. The fourth-order valence-corrected chi connectivity index (χ4v) is 4.15. The van der Waals surface area contributed by atoms with Crippen LogP contribution in [0.4, 0.5) is 0 Å². The Labute approximate surface area is 132 Å². The van der Waals surface area contributed by atoms with Crippen LogP contribution in [0.2, 0.25) is 0 Å². The molecule has 0 fully saturated rings. The van der Waals surface area contributed by atoms with Crippen molar-refractivity contribution in [3.8, 4) is 11.4 Å². The monoisotopic (exact) mass is 311 g/mol. The Morgan fingerprint density at radius 3 is 2.59 bits per heavy atom. The van der Waals surface area contributed by atoms with E-state index in [2.05, 4.69) is 59.6 Å². The molecule has 1 aliphatic carbocycles. The number of benzene rings is 1. The Morgan fingerprint density at radius 2 is 1.86 bits per heavy atom. The standard InChI is InChI=1S/C17H17N3OS/c1-10-4-6-11(7-5-10)15-18-19-16-20(15)12-8-17(2,3)9-13(21)14(12)22-16/h4-7H,8-9H2,1-3H3. The molecule has 0 N–H and O–H groups in total. The van der Waals surface area contributed by atoms with Gasteiger partial charge in [0.15, 0.2) is 11.6 Å². The molecule has 0 atom stereocenters. The lowest BCUT2D eigenvalue weighted by Gasteiger charge is -2.28. The largest absolute Gasteiger partial charge is 0.293 e. The summed E-state index contributed by atoms with van der Waals surface area (Å²) in [5.74, 6) is 1.06. The van der Waals surface area contributed by atoms with Crippen molar-refractivity contribution in [1.82, 2.24) is 14.6 Å². The first-order valence-electron chi connectivity index (χ1n) is 7.42. The van der Waals surface area contributed by atoms with Gasteiger partial charge < -0.3 is 0 Å². The van der Waals surface area contributed by atoms with E-state index in [0.717, 1.165) is 33.3 Å². The topological polar surface area (TPSA) is 47.3 Å². The van der Waals surface area contributed by atoms with E-state index >= 15 is 0 Å². The van der Waals surface area contributed by atoms with Gasteiger partial charge in [-0.25, -0.2) is 0 Å². The summed E-state index contributed by atoms with van der Waals surface area (Å²) in [5, 5.41) is 8.63. The molecule has 0 amide bonds. The molecule has 4 nitrogen and oxygen atoms in total. The van der Waals surface area contributed by atoms with Gasteiger partial charge in [0.2, 0.25) is 4.96 Å². The van der Waals surface area contributed by atoms with Gasteiger partial charge in [0.05, 0.1) is 4.88 Å². The Bertz CT molecular complexity index is 887. The molecule has 22 heavy (non-hydrogen) atoms. The van der Waals surface area contributed by atoms with Crippen molar-refractivity contribution in [1.29, 1.82) is 0 Å². The number of hydrogen-bond donors (Lipinski definition) is 0. The van der Waals surface area contributed by atoms with Crippen LogP contribution in [0.25, 0.3) is 16.3 Å². The van der Waals surface area contributed by atoms with E-state index in [1.165, 1.54) is 16.9 Å². The zero-order valence-corrected chi connectivity index (χ0v) is 13.7. The zero-order valence-electron chi connectivity index (χ0n) is 12.9. The molecule has 0 aliphatic heterocycles. The smallest absolute Gasteiger partial charge is 0.217 e. The maximum atomic E-state index is 12.4. The van der Waals surface area contributed by atoms with Crippen molar-refractivity contribution in [3.05, 3.63) is 40.4 Å². The summed E-state index contributed by atoms with van der Waals surface area (Å²) in [6.45, 7) is 6.36. The minimum Gasteiger partial charge on any atom is -0.293 e. The van der Waals surface area contributed by atoms with Gasteiger partial charge in [0, 0.05) is 17.7 Å². The average molecular weight is 311 g/mol. The molecule has 0 radical (unpaired) electrons. The number of Topliss-reactive ketones (excluding diaryl/α,β-unsaturated/α-hetero) is 1. The maximum absolute atomic E-state index is 12.4. The molecule has 0 saturated heterocycles. The molecule has 0 unspecified atom stereocenters. The molecule has 2 heterocycles. The van der Waals surface area contributed by atoms with E-state index in [9.17, 15) is 4.79 Å². The van der Waals surface area contributed by atoms with E-state index in [-0.39, 0.29) is 11.2 Å². The van der Waals surface area contributed by atoms with Crippen LogP contribution < -0.4 is 0 Å². The molecule has 0 spiro atoms. The number of thiazole rings is 1. The molecule has 5 heteroatoms. The number of aromatic nitrogens is 3. The summed E-state index contributed by atoms with van der Waals surface area (Å²) in [6.07, 6.45) is 1.49. The zero-order chi connectivity index (χ0) is 15.5. The number of ketones is 1. The Morgan fingerprint density at radius 1 is 1.14 bits per heavy atom. The van der Waals surface area contributed by atoms with Gasteiger partial charge in [-0.2, -0.15) is 0 Å². The number of nitrogens with zero attached hydrogens (tertiary/aromatic N) is 3. The number of hydrogen-bond acceptors (Lipinski definition) is 4. The van der Waals surface area contributed by atoms with Gasteiger partial charge in [-0.3, -0.25) is 9.20 Å². The maximum Gasteiger partial charge on any atom is 0.217 e. The molecule has 1 aliphatic rings. The van der Waals surface area contributed by atoms with Crippen LogP contribution in [0.5, 0.6) is 0 Å². The van der Waals surface area contributed by atoms with Crippen molar-refractivity contribution in [2.75, 3.05) is 0 Å². The first-order valence-corrected chi connectivity index (χ1v) is 8.23. The van der Waals surface area contributed by atoms with Crippen molar-refractivity contribution in [2.45, 2.75) is 33.6 Å². The number of rotatable bonds is 1. The molecule has 2 aromatic heterocycles. The minimum atomic E-state index is -0.00704. The summed E-state index contributed by atoms with van der Waals surface area (Å²) < 4.78 is 2.07. The van der Waals surface area contributed by atoms with E-state index in [1.807, 2.05) is 0 Å². The van der Waals surface area contributed by atoms with Crippen molar-refractivity contribution < 1.29 is 4.79 Å². The highest BCUT2D eigenvalue weighted by atomic mass is 32.1. The second-order valence-corrected chi connectivity index (χ2v) is 7.80. The van der Waals surface area contributed by atoms with Crippen LogP contribution in [0.3, 0.4) is 0 Å². The van der Waals surface area contributed by atoms with Crippen LogP contribution in [-0.4, -0.2) is 20.4 Å². The molecule has 1 aromatic carbocycles. The molecule has 4 rings (SSSR count). The van der Waals surface area contributed by atoms with Crippen molar-refractivity contribution in [3.63, 3.8) is 0 Å². The van der Waals surface area contributed by atoms with Gasteiger partial charge in [-0.05, 0) is 18.8 Å². The predicted molar refractivity (Wildman–Crippen MR) is 87.5 cm³/mol. The Kier molecular flexibility index (Phi) is 2.78. The number of aryl methyl sites for hydroxylation is 1. The van der Waals surface area contributed by atoms with E-state index in [1.54, 1.807) is 0 Å². The average Bonchev–Trinajstić information content (AvgIpc) is 2.99. The molecule has 0 bridgehead atoms. The predicted octanol–water partition coefficient (Wildman–Crippen LogP) is 3.92. The Hall–Kier alpha value is -2.01. The van der Waals surface area contributed by atoms with Crippen molar-refractivity contribution in [2.24, 2.45) is 5.41 Å². The molecule has 3 aromatic rings. The van der Waals surface area contributed by atoms with Crippen molar-refractivity contribution >= 4 is 22.1 Å². The quantitative estimate of drug-likeness (QED) is 0.684. The van der Waals surface area contributed by atoms with Crippen LogP contribution in [0.1, 0.15) is 41.2 Å². The third kappa shape index (κ3) is 2.00. The van der Waals surface area contributed by atoms with Gasteiger partial charge in [0.25, 0.3) is 0 Å².